The number of carbonyl (C=O) groups excluding carboxylic acids is 1. The Morgan fingerprint density at radius 3 is 2.68 bits per heavy atom. The van der Waals surface area contributed by atoms with E-state index in [1.807, 2.05) is 53.9 Å². The van der Waals surface area contributed by atoms with Crippen LogP contribution in [0.5, 0.6) is 5.75 Å². The van der Waals surface area contributed by atoms with Crippen LogP contribution in [0.4, 0.5) is 0 Å². The lowest BCUT2D eigenvalue weighted by atomic mass is 10.2. The van der Waals surface area contributed by atoms with Gasteiger partial charge in [-0.15, -0.1) is 23.5 Å². The van der Waals surface area contributed by atoms with Gasteiger partial charge in [0.05, 0.1) is 4.58 Å². The Kier molecular flexibility index (Phi) is 7.06. The maximum absolute atomic E-state index is 11.9. The van der Waals surface area contributed by atoms with Gasteiger partial charge in [0.25, 0.3) is 5.91 Å². The van der Waals surface area contributed by atoms with Gasteiger partial charge in [-0.1, -0.05) is 18.2 Å². The Morgan fingerprint density at radius 2 is 1.96 bits per heavy atom. The molecule has 1 saturated heterocycles. The zero-order valence-electron chi connectivity index (χ0n) is 14.0. The molecule has 2 heterocycles. The maximum atomic E-state index is 11.9. The number of rotatable bonds is 7. The van der Waals surface area contributed by atoms with E-state index in [0.717, 1.165) is 17.9 Å². The molecule has 132 valence electrons. The van der Waals surface area contributed by atoms with Gasteiger partial charge in [0.15, 0.2) is 6.61 Å². The number of hydrogen-bond donors (Lipinski definition) is 1. The van der Waals surface area contributed by atoms with Gasteiger partial charge in [0.2, 0.25) is 0 Å². The van der Waals surface area contributed by atoms with Crippen molar-refractivity contribution in [1.29, 1.82) is 0 Å². The summed E-state index contributed by atoms with van der Waals surface area (Å²) in [5.74, 6) is 3.08. The summed E-state index contributed by atoms with van der Waals surface area (Å²) in [4.78, 5) is 16.1. The van der Waals surface area contributed by atoms with Crippen molar-refractivity contribution in [3.8, 4) is 5.75 Å². The largest absolute Gasteiger partial charge is 0.484 e. The van der Waals surface area contributed by atoms with E-state index in [9.17, 15) is 4.79 Å². The van der Waals surface area contributed by atoms with E-state index >= 15 is 0 Å². The number of pyridine rings is 1. The SMILES string of the molecule is O=C(COc1ccc(C2SCCCS2)cc1)NCCc1ccccn1. The van der Waals surface area contributed by atoms with E-state index in [0.29, 0.717) is 11.1 Å². The number of ether oxygens (including phenoxy) is 1. The van der Waals surface area contributed by atoms with Gasteiger partial charge in [-0.05, 0) is 47.8 Å². The molecule has 1 aromatic heterocycles. The number of nitrogens with one attached hydrogen (secondary N) is 1. The Morgan fingerprint density at radius 1 is 1.16 bits per heavy atom. The fourth-order valence-electron chi connectivity index (χ4n) is 2.48. The van der Waals surface area contributed by atoms with Gasteiger partial charge >= 0.3 is 0 Å². The maximum Gasteiger partial charge on any atom is 0.257 e. The van der Waals surface area contributed by atoms with E-state index in [4.69, 9.17) is 4.74 Å². The van der Waals surface area contributed by atoms with Crippen LogP contribution in [0.1, 0.15) is 22.3 Å². The lowest BCUT2D eigenvalue weighted by molar-refractivity contribution is -0.123. The number of nitrogens with zero attached hydrogens (tertiary/aromatic N) is 1. The average molecular weight is 375 g/mol. The number of benzene rings is 1. The Bertz CT molecular complexity index is 659. The molecule has 1 amide bonds. The van der Waals surface area contributed by atoms with Crippen LogP contribution in [0.25, 0.3) is 0 Å². The molecule has 1 aliphatic rings. The molecule has 1 N–H and O–H groups in total. The van der Waals surface area contributed by atoms with Crippen LogP contribution >= 0.6 is 23.5 Å². The molecule has 0 unspecified atom stereocenters. The van der Waals surface area contributed by atoms with Crippen molar-refractivity contribution in [2.75, 3.05) is 24.7 Å². The molecule has 0 radical (unpaired) electrons. The summed E-state index contributed by atoms with van der Waals surface area (Å²) in [6.07, 6.45) is 3.77. The highest BCUT2D eigenvalue weighted by atomic mass is 32.2. The van der Waals surface area contributed by atoms with E-state index < -0.39 is 0 Å². The topological polar surface area (TPSA) is 51.2 Å². The lowest BCUT2D eigenvalue weighted by Crippen LogP contribution is -2.30. The Hall–Kier alpha value is -1.66. The van der Waals surface area contributed by atoms with Crippen LogP contribution in [0.2, 0.25) is 0 Å². The van der Waals surface area contributed by atoms with Crippen molar-refractivity contribution in [2.45, 2.75) is 17.4 Å². The summed E-state index contributed by atoms with van der Waals surface area (Å²) < 4.78 is 6.10. The third-order valence-corrected chi connectivity index (χ3v) is 6.79. The molecule has 1 aromatic carbocycles. The number of aromatic nitrogens is 1. The van der Waals surface area contributed by atoms with Crippen LogP contribution in [-0.4, -0.2) is 35.5 Å². The average Bonchev–Trinajstić information content (AvgIpc) is 2.68. The number of hydrogen-bond acceptors (Lipinski definition) is 5. The molecule has 0 atom stereocenters. The van der Waals surface area contributed by atoms with Crippen LogP contribution in [-0.2, 0) is 11.2 Å². The third-order valence-electron chi connectivity index (χ3n) is 3.78. The van der Waals surface area contributed by atoms with Gasteiger partial charge in [-0.25, -0.2) is 0 Å². The lowest BCUT2D eigenvalue weighted by Gasteiger charge is -2.21. The molecule has 1 fully saturated rings. The summed E-state index contributed by atoms with van der Waals surface area (Å²) in [5.41, 5.74) is 2.29. The molecule has 25 heavy (non-hydrogen) atoms. The Labute approximate surface area is 157 Å². The highest BCUT2D eigenvalue weighted by Gasteiger charge is 2.16. The molecule has 0 saturated carbocycles. The molecule has 1 aliphatic heterocycles. The first kappa shape index (κ1) is 18.1. The highest BCUT2D eigenvalue weighted by Crippen LogP contribution is 2.43. The summed E-state index contributed by atoms with van der Waals surface area (Å²) in [6, 6.07) is 13.9. The molecule has 0 spiro atoms. The fourth-order valence-corrected chi connectivity index (χ4v) is 5.37. The van der Waals surface area contributed by atoms with Crippen molar-refractivity contribution >= 4 is 29.4 Å². The van der Waals surface area contributed by atoms with Gasteiger partial charge in [-0.2, -0.15) is 0 Å². The number of amides is 1. The minimum atomic E-state index is -0.113. The minimum Gasteiger partial charge on any atom is -0.484 e. The van der Waals surface area contributed by atoms with E-state index in [1.54, 1.807) is 6.20 Å². The molecule has 2 aromatic rings. The first-order chi connectivity index (χ1) is 12.3. The van der Waals surface area contributed by atoms with E-state index in [1.165, 1.54) is 23.5 Å². The van der Waals surface area contributed by atoms with Crippen molar-refractivity contribution in [2.24, 2.45) is 0 Å². The smallest absolute Gasteiger partial charge is 0.257 e. The van der Waals surface area contributed by atoms with Gasteiger partial charge in [0, 0.05) is 24.9 Å². The molecular formula is C19H22N2O2S2. The predicted octanol–water partition coefficient (Wildman–Crippen LogP) is 3.69. The van der Waals surface area contributed by atoms with Gasteiger partial charge in [0.1, 0.15) is 5.75 Å². The molecule has 0 aliphatic carbocycles. The number of carbonyl (C=O) groups is 1. The first-order valence-corrected chi connectivity index (χ1v) is 10.5. The van der Waals surface area contributed by atoms with Crippen LogP contribution < -0.4 is 10.1 Å². The fraction of sp³-hybridized carbons (Fsp3) is 0.368. The summed E-state index contributed by atoms with van der Waals surface area (Å²) in [6.45, 7) is 0.600. The normalized spacial score (nSPS) is 14.9. The van der Waals surface area contributed by atoms with Crippen molar-refractivity contribution in [3.63, 3.8) is 0 Å². The van der Waals surface area contributed by atoms with Gasteiger partial charge in [-0.3, -0.25) is 9.78 Å². The molecule has 0 bridgehead atoms. The molecule has 6 heteroatoms. The van der Waals surface area contributed by atoms with Crippen LogP contribution in [0.3, 0.4) is 0 Å². The van der Waals surface area contributed by atoms with E-state index in [2.05, 4.69) is 22.4 Å². The Balaban J connectivity index is 1.38. The monoisotopic (exact) mass is 374 g/mol. The van der Waals surface area contributed by atoms with Crippen LogP contribution in [0.15, 0.2) is 48.7 Å². The van der Waals surface area contributed by atoms with Gasteiger partial charge < -0.3 is 10.1 Å². The predicted molar refractivity (Wildman–Crippen MR) is 105 cm³/mol. The second-order valence-corrected chi connectivity index (χ2v) is 8.43. The zero-order chi connectivity index (χ0) is 17.3. The standard InChI is InChI=1S/C19H22N2O2S2/c22-18(21-11-9-16-4-1-2-10-20-16)14-23-17-7-5-15(6-8-17)19-24-12-3-13-25-19/h1-2,4-8,10,19H,3,9,11-14H2,(H,21,22). The van der Waals surface area contributed by atoms with Crippen molar-refractivity contribution in [3.05, 3.63) is 59.9 Å². The zero-order valence-corrected chi connectivity index (χ0v) is 15.7. The second kappa shape index (κ2) is 9.73. The number of thioether (sulfide) groups is 2. The summed E-state index contributed by atoms with van der Waals surface area (Å²) >= 11 is 4.00. The summed E-state index contributed by atoms with van der Waals surface area (Å²) in [7, 11) is 0. The molecule has 4 nitrogen and oxygen atoms in total. The highest BCUT2D eigenvalue weighted by molar-refractivity contribution is 8.16. The molecular weight excluding hydrogens is 352 g/mol. The third kappa shape index (κ3) is 5.97. The van der Waals surface area contributed by atoms with E-state index in [-0.39, 0.29) is 12.5 Å². The quantitative estimate of drug-likeness (QED) is 0.801. The van der Waals surface area contributed by atoms with Crippen LogP contribution in [0, 0.1) is 0 Å². The molecule has 3 rings (SSSR count). The van der Waals surface area contributed by atoms with Crippen molar-refractivity contribution in [1.82, 2.24) is 10.3 Å². The summed E-state index contributed by atoms with van der Waals surface area (Å²) in [5, 5.41) is 2.85. The van der Waals surface area contributed by atoms with Crippen molar-refractivity contribution < 1.29 is 9.53 Å². The first-order valence-electron chi connectivity index (χ1n) is 8.44. The minimum absolute atomic E-state index is 0.0362. The second-order valence-electron chi connectivity index (χ2n) is 5.71.